The molecule has 33 heavy (non-hydrogen) atoms. The minimum atomic E-state index is -1.21. The quantitative estimate of drug-likeness (QED) is 0.314. The second-order valence-electron chi connectivity index (χ2n) is 8.44. The van der Waals surface area contributed by atoms with Crippen LogP contribution in [0.1, 0.15) is 31.1 Å². The molecule has 6 atom stereocenters. The number of benzene rings is 1. The Balaban J connectivity index is 1.32. The predicted octanol–water partition coefficient (Wildman–Crippen LogP) is 1.59. The molecule has 10 nitrogen and oxygen atoms in total. The van der Waals surface area contributed by atoms with E-state index >= 15 is 0 Å². The number of rotatable bonds is 7. The maximum Gasteiger partial charge on any atom is 0.167 e. The SMILES string of the molecule is OC[C@H]1O[C@@H](n2cnc3c(N[C@H]4CCC[C@@H]4OCc4cccc(I)c4)ncnc32)[C@H](O)[C@@H]1O. The van der Waals surface area contributed by atoms with Crippen molar-refractivity contribution >= 4 is 39.6 Å². The van der Waals surface area contributed by atoms with Crippen molar-refractivity contribution in [3.8, 4) is 0 Å². The predicted molar refractivity (Wildman–Crippen MR) is 127 cm³/mol. The Morgan fingerprint density at radius 2 is 2.06 bits per heavy atom. The van der Waals surface area contributed by atoms with Crippen molar-refractivity contribution in [1.29, 1.82) is 0 Å². The average Bonchev–Trinajstić information content (AvgIpc) is 3.51. The van der Waals surface area contributed by atoms with Gasteiger partial charge in [0.05, 0.1) is 31.7 Å². The van der Waals surface area contributed by atoms with E-state index in [0.29, 0.717) is 23.6 Å². The number of imidazole rings is 1. The lowest BCUT2D eigenvalue weighted by Gasteiger charge is -2.22. The number of aromatic nitrogens is 4. The van der Waals surface area contributed by atoms with E-state index in [1.807, 2.05) is 6.07 Å². The number of halogens is 1. The van der Waals surface area contributed by atoms with Crippen LogP contribution in [0.2, 0.25) is 0 Å². The smallest absolute Gasteiger partial charge is 0.167 e. The van der Waals surface area contributed by atoms with Gasteiger partial charge in [-0.25, -0.2) is 15.0 Å². The van der Waals surface area contributed by atoms with E-state index in [2.05, 4.69) is 61.1 Å². The van der Waals surface area contributed by atoms with Crippen molar-refractivity contribution in [2.75, 3.05) is 11.9 Å². The topological polar surface area (TPSA) is 135 Å². The lowest BCUT2D eigenvalue weighted by Crippen LogP contribution is -2.33. The molecule has 1 aromatic carbocycles. The molecule has 2 aromatic heterocycles. The fraction of sp³-hybridized carbons (Fsp3) is 0.500. The summed E-state index contributed by atoms with van der Waals surface area (Å²) in [5.41, 5.74) is 2.16. The number of hydrogen-bond acceptors (Lipinski definition) is 9. The zero-order valence-corrected chi connectivity index (χ0v) is 19.9. The molecule has 0 bridgehead atoms. The molecule has 0 radical (unpaired) electrons. The lowest BCUT2D eigenvalue weighted by molar-refractivity contribution is -0.0511. The molecule has 11 heteroatoms. The number of nitrogens with zero attached hydrogens (tertiary/aromatic N) is 4. The molecule has 0 spiro atoms. The van der Waals surface area contributed by atoms with Gasteiger partial charge in [-0.05, 0) is 59.5 Å². The minimum absolute atomic E-state index is 0.0513. The summed E-state index contributed by atoms with van der Waals surface area (Å²) in [4.78, 5) is 13.2. The average molecular weight is 567 g/mol. The summed E-state index contributed by atoms with van der Waals surface area (Å²) in [6.45, 7) is 0.160. The highest BCUT2D eigenvalue weighted by Gasteiger charge is 2.44. The number of nitrogens with one attached hydrogen (secondary N) is 1. The second-order valence-corrected chi connectivity index (χ2v) is 9.68. The molecule has 176 valence electrons. The Bertz CT molecular complexity index is 1110. The van der Waals surface area contributed by atoms with Gasteiger partial charge in [-0.2, -0.15) is 0 Å². The Hall–Kier alpha value is -1.90. The first-order valence-electron chi connectivity index (χ1n) is 11.0. The Morgan fingerprint density at radius 1 is 1.18 bits per heavy atom. The zero-order valence-electron chi connectivity index (χ0n) is 17.8. The highest BCUT2D eigenvalue weighted by Crippen LogP contribution is 2.33. The molecule has 1 saturated carbocycles. The van der Waals surface area contributed by atoms with Crippen LogP contribution in [-0.2, 0) is 16.1 Å². The zero-order chi connectivity index (χ0) is 22.9. The third kappa shape index (κ3) is 4.57. The van der Waals surface area contributed by atoms with Crippen LogP contribution >= 0.6 is 22.6 Å². The summed E-state index contributed by atoms with van der Waals surface area (Å²) in [7, 11) is 0. The summed E-state index contributed by atoms with van der Waals surface area (Å²) in [6, 6.07) is 8.37. The van der Waals surface area contributed by atoms with Gasteiger partial charge < -0.3 is 30.1 Å². The van der Waals surface area contributed by atoms with Gasteiger partial charge in [0.25, 0.3) is 0 Å². The van der Waals surface area contributed by atoms with Gasteiger partial charge in [-0.3, -0.25) is 4.57 Å². The van der Waals surface area contributed by atoms with Crippen LogP contribution in [0.4, 0.5) is 5.82 Å². The third-order valence-corrected chi connectivity index (χ3v) is 6.95. The van der Waals surface area contributed by atoms with Crippen molar-refractivity contribution < 1.29 is 24.8 Å². The van der Waals surface area contributed by atoms with Crippen LogP contribution in [0.5, 0.6) is 0 Å². The van der Waals surface area contributed by atoms with Gasteiger partial charge in [0.2, 0.25) is 0 Å². The van der Waals surface area contributed by atoms with Crippen LogP contribution in [0.15, 0.2) is 36.9 Å². The molecule has 4 N–H and O–H groups in total. The monoisotopic (exact) mass is 567 g/mol. The van der Waals surface area contributed by atoms with E-state index in [1.54, 1.807) is 4.57 Å². The van der Waals surface area contributed by atoms with E-state index in [9.17, 15) is 15.3 Å². The first-order valence-corrected chi connectivity index (χ1v) is 12.1. The second kappa shape index (κ2) is 9.76. The number of anilines is 1. The van der Waals surface area contributed by atoms with Gasteiger partial charge >= 0.3 is 0 Å². The van der Waals surface area contributed by atoms with Crippen molar-refractivity contribution in [2.24, 2.45) is 0 Å². The van der Waals surface area contributed by atoms with Crippen LogP contribution in [0.3, 0.4) is 0 Å². The maximum atomic E-state index is 10.4. The van der Waals surface area contributed by atoms with E-state index in [1.165, 1.54) is 16.2 Å². The number of fused-ring (bicyclic) bond motifs is 1. The van der Waals surface area contributed by atoms with Crippen molar-refractivity contribution in [3.05, 3.63) is 46.1 Å². The third-order valence-electron chi connectivity index (χ3n) is 6.28. The number of aliphatic hydroxyl groups excluding tert-OH is 3. The van der Waals surface area contributed by atoms with Gasteiger partial charge in [0.15, 0.2) is 23.2 Å². The Labute approximate surface area is 204 Å². The Morgan fingerprint density at radius 3 is 2.85 bits per heavy atom. The van der Waals surface area contributed by atoms with Crippen LogP contribution in [-0.4, -0.2) is 71.9 Å². The summed E-state index contributed by atoms with van der Waals surface area (Å²) in [5, 5.41) is 33.3. The highest BCUT2D eigenvalue weighted by atomic mass is 127. The summed E-state index contributed by atoms with van der Waals surface area (Å²) in [6.07, 6.45) is 1.79. The summed E-state index contributed by atoms with van der Waals surface area (Å²) in [5.74, 6) is 0.584. The molecule has 3 heterocycles. The van der Waals surface area contributed by atoms with Crippen molar-refractivity contribution in [2.45, 2.75) is 62.6 Å². The highest BCUT2D eigenvalue weighted by molar-refractivity contribution is 14.1. The molecule has 5 rings (SSSR count). The normalized spacial score (nSPS) is 29.7. The van der Waals surface area contributed by atoms with Gasteiger partial charge in [0.1, 0.15) is 24.6 Å². The van der Waals surface area contributed by atoms with Gasteiger partial charge in [0, 0.05) is 3.57 Å². The molecule has 0 amide bonds. The lowest BCUT2D eigenvalue weighted by atomic mass is 10.1. The molecule has 2 fully saturated rings. The maximum absolute atomic E-state index is 10.4. The van der Waals surface area contributed by atoms with E-state index in [-0.39, 0.29) is 12.1 Å². The first-order chi connectivity index (χ1) is 16.0. The van der Waals surface area contributed by atoms with Gasteiger partial charge in [-0.1, -0.05) is 12.1 Å². The fourth-order valence-corrected chi connectivity index (χ4v) is 5.16. The van der Waals surface area contributed by atoms with E-state index in [4.69, 9.17) is 9.47 Å². The molecule has 1 aliphatic carbocycles. The van der Waals surface area contributed by atoms with Crippen molar-refractivity contribution in [1.82, 2.24) is 19.5 Å². The molecular weight excluding hydrogens is 541 g/mol. The molecule has 1 aliphatic heterocycles. The van der Waals surface area contributed by atoms with Crippen LogP contribution < -0.4 is 5.32 Å². The standard InChI is InChI=1S/C22H26IN5O5/c23-13-4-1-3-12(7-13)9-32-15-6-2-5-14(15)27-20-17-21(25-10-24-20)28(11-26-17)22-19(31)18(30)16(8-29)33-22/h1,3-4,7,10-11,14-16,18-19,22,29-31H,2,5-6,8-9H2,(H,24,25,27)/t14-,15-,16+,18+,19+,22+/m0/s1. The molecule has 1 saturated heterocycles. The molecule has 0 unspecified atom stereocenters. The van der Waals surface area contributed by atoms with Gasteiger partial charge in [-0.15, -0.1) is 0 Å². The van der Waals surface area contributed by atoms with E-state index < -0.39 is 31.1 Å². The summed E-state index contributed by atoms with van der Waals surface area (Å²) < 4.78 is 14.6. The molecular formula is C22H26IN5O5. The first kappa shape index (κ1) is 22.9. The summed E-state index contributed by atoms with van der Waals surface area (Å²) >= 11 is 2.30. The number of aliphatic hydroxyl groups is 3. The van der Waals surface area contributed by atoms with Crippen LogP contribution in [0.25, 0.3) is 11.2 Å². The van der Waals surface area contributed by atoms with E-state index in [0.717, 1.165) is 24.8 Å². The Kier molecular flexibility index (Phi) is 6.77. The molecule has 3 aromatic rings. The number of ether oxygens (including phenoxy) is 2. The largest absolute Gasteiger partial charge is 0.394 e. The fourth-order valence-electron chi connectivity index (χ4n) is 4.55. The number of hydrogen-bond donors (Lipinski definition) is 4. The van der Waals surface area contributed by atoms with Crippen molar-refractivity contribution in [3.63, 3.8) is 0 Å². The van der Waals surface area contributed by atoms with Crippen LogP contribution in [0, 0.1) is 3.57 Å². The minimum Gasteiger partial charge on any atom is -0.394 e. The molecule has 2 aliphatic rings.